The van der Waals surface area contributed by atoms with Crippen molar-refractivity contribution in [3.05, 3.63) is 24.3 Å². The maximum atomic E-state index is 5.85. The average Bonchev–Trinajstić information content (AvgIpc) is 2.43. The van der Waals surface area contributed by atoms with E-state index in [4.69, 9.17) is 9.47 Å². The van der Waals surface area contributed by atoms with Gasteiger partial charge in [0, 0.05) is 5.92 Å². The zero-order valence-electron chi connectivity index (χ0n) is 12.3. The molecule has 1 aromatic carbocycles. The Balaban J connectivity index is 1.77. The van der Waals surface area contributed by atoms with E-state index in [1.54, 1.807) is 12.0 Å². The molecule has 1 N–H and O–H groups in total. The maximum absolute atomic E-state index is 5.85. The molecule has 0 radical (unpaired) electrons. The van der Waals surface area contributed by atoms with Crippen molar-refractivity contribution in [3.8, 4) is 11.5 Å². The van der Waals surface area contributed by atoms with Gasteiger partial charge in [0.2, 0.25) is 0 Å². The summed E-state index contributed by atoms with van der Waals surface area (Å²) in [5, 5.41) is 0. The highest BCUT2D eigenvalue weighted by molar-refractivity contribution is 5.39. The molecule has 1 aliphatic rings. The molecule has 1 heterocycles. The van der Waals surface area contributed by atoms with E-state index >= 15 is 0 Å². The molecule has 1 unspecified atom stereocenters. The molecule has 3 heteroatoms. The van der Waals surface area contributed by atoms with E-state index < -0.39 is 0 Å². The monoisotopic (exact) mass is 264 g/mol. The Morgan fingerprint density at radius 3 is 2.58 bits per heavy atom. The molecule has 0 aliphatic carbocycles. The van der Waals surface area contributed by atoms with Gasteiger partial charge in [0.1, 0.15) is 13.2 Å². The molecule has 0 bridgehead atoms. The van der Waals surface area contributed by atoms with Crippen molar-refractivity contribution in [2.45, 2.75) is 20.3 Å². The third-order valence-corrected chi connectivity index (χ3v) is 4.32. The standard InChI is InChI=1S/C16H25NO2/c1-13-8-9-17(12-14(13)2)10-11-19-16-7-5-4-6-15(16)18-3/h4-7,13-14H,8-12H2,1-3H3/p+1/t13-,14+/m1/s1. The second kappa shape index (κ2) is 6.80. The molecule has 3 nitrogen and oxygen atoms in total. The van der Waals surface area contributed by atoms with E-state index in [2.05, 4.69) is 13.8 Å². The van der Waals surface area contributed by atoms with Crippen LogP contribution in [0.25, 0.3) is 0 Å². The molecule has 3 atom stereocenters. The Hall–Kier alpha value is -1.22. The molecular weight excluding hydrogens is 238 g/mol. The molecule has 1 aliphatic heterocycles. The Bertz CT molecular complexity index is 394. The zero-order valence-corrected chi connectivity index (χ0v) is 12.3. The zero-order chi connectivity index (χ0) is 13.7. The van der Waals surface area contributed by atoms with E-state index in [9.17, 15) is 0 Å². The lowest BCUT2D eigenvalue weighted by atomic mass is 9.89. The molecule has 1 saturated heterocycles. The van der Waals surface area contributed by atoms with Gasteiger partial charge in [-0.05, 0) is 24.5 Å². The van der Waals surface area contributed by atoms with Gasteiger partial charge in [-0.1, -0.05) is 26.0 Å². The van der Waals surface area contributed by atoms with Crippen LogP contribution in [0.4, 0.5) is 0 Å². The lowest BCUT2D eigenvalue weighted by Crippen LogP contribution is -3.14. The lowest BCUT2D eigenvalue weighted by Gasteiger charge is -2.32. The predicted molar refractivity (Wildman–Crippen MR) is 77.0 cm³/mol. The number of ether oxygens (including phenoxy) is 2. The maximum Gasteiger partial charge on any atom is 0.161 e. The van der Waals surface area contributed by atoms with Gasteiger partial charge in [-0.15, -0.1) is 0 Å². The normalized spacial score (nSPS) is 27.0. The Labute approximate surface area is 116 Å². The average molecular weight is 264 g/mol. The molecule has 19 heavy (non-hydrogen) atoms. The van der Waals surface area contributed by atoms with Gasteiger partial charge in [0.25, 0.3) is 0 Å². The minimum absolute atomic E-state index is 0.761. The highest BCUT2D eigenvalue weighted by Crippen LogP contribution is 2.25. The molecule has 2 rings (SSSR count). The molecule has 0 spiro atoms. The quantitative estimate of drug-likeness (QED) is 0.873. The molecule has 1 aromatic rings. The van der Waals surface area contributed by atoms with Crippen LogP contribution in [0.5, 0.6) is 11.5 Å². The van der Waals surface area contributed by atoms with Crippen molar-refractivity contribution in [1.82, 2.24) is 0 Å². The fraction of sp³-hybridized carbons (Fsp3) is 0.625. The first-order valence-corrected chi connectivity index (χ1v) is 7.30. The molecule has 0 amide bonds. The molecule has 1 fully saturated rings. The third kappa shape index (κ3) is 3.87. The number of rotatable bonds is 5. The summed E-state index contributed by atoms with van der Waals surface area (Å²) in [5.74, 6) is 3.37. The number of nitrogens with one attached hydrogen (secondary N) is 1. The van der Waals surface area contributed by atoms with Gasteiger partial charge in [-0.2, -0.15) is 0 Å². The summed E-state index contributed by atoms with van der Waals surface area (Å²) in [7, 11) is 1.68. The summed E-state index contributed by atoms with van der Waals surface area (Å²) in [4.78, 5) is 1.67. The largest absolute Gasteiger partial charge is 0.493 e. The van der Waals surface area contributed by atoms with Crippen molar-refractivity contribution >= 4 is 0 Å². The SMILES string of the molecule is COc1ccccc1OCC[NH+]1CC[C@@H](C)[C@@H](C)C1. The second-order valence-electron chi connectivity index (χ2n) is 5.70. The van der Waals surface area contributed by atoms with Gasteiger partial charge in [-0.25, -0.2) is 0 Å². The number of quaternary nitrogens is 1. The summed E-state index contributed by atoms with van der Waals surface area (Å²) in [6, 6.07) is 7.85. The first kappa shape index (κ1) is 14.2. The molecule has 106 valence electrons. The third-order valence-electron chi connectivity index (χ3n) is 4.32. The highest BCUT2D eigenvalue weighted by atomic mass is 16.5. The van der Waals surface area contributed by atoms with Crippen LogP contribution < -0.4 is 14.4 Å². The number of benzene rings is 1. The smallest absolute Gasteiger partial charge is 0.161 e. The van der Waals surface area contributed by atoms with Gasteiger partial charge < -0.3 is 14.4 Å². The summed E-state index contributed by atoms with van der Waals surface area (Å²) >= 11 is 0. The van der Waals surface area contributed by atoms with Crippen LogP contribution in [-0.4, -0.2) is 33.4 Å². The minimum atomic E-state index is 0.761. The van der Waals surface area contributed by atoms with Crippen molar-refractivity contribution < 1.29 is 14.4 Å². The number of piperidine rings is 1. The lowest BCUT2D eigenvalue weighted by molar-refractivity contribution is -0.909. The molecular formula is C16H26NO2+. The van der Waals surface area contributed by atoms with Crippen LogP contribution in [0.2, 0.25) is 0 Å². The summed E-state index contributed by atoms with van der Waals surface area (Å²) in [6.07, 6.45) is 1.34. The van der Waals surface area contributed by atoms with Crippen LogP contribution in [-0.2, 0) is 0 Å². The van der Waals surface area contributed by atoms with Crippen LogP contribution in [0.1, 0.15) is 20.3 Å². The van der Waals surface area contributed by atoms with Crippen LogP contribution in [0, 0.1) is 11.8 Å². The molecule has 0 aromatic heterocycles. The van der Waals surface area contributed by atoms with Gasteiger partial charge in [0.15, 0.2) is 11.5 Å². The predicted octanol–water partition coefficient (Wildman–Crippen LogP) is 1.63. The van der Waals surface area contributed by atoms with Crippen LogP contribution >= 0.6 is 0 Å². The van der Waals surface area contributed by atoms with Crippen LogP contribution in [0.3, 0.4) is 0 Å². The van der Waals surface area contributed by atoms with Gasteiger partial charge in [0.05, 0.1) is 20.2 Å². The Morgan fingerprint density at radius 1 is 1.16 bits per heavy atom. The first-order valence-electron chi connectivity index (χ1n) is 7.30. The number of methoxy groups -OCH3 is 1. The van der Waals surface area contributed by atoms with Gasteiger partial charge in [-0.3, -0.25) is 0 Å². The van der Waals surface area contributed by atoms with E-state index in [0.717, 1.165) is 36.5 Å². The Morgan fingerprint density at radius 2 is 1.89 bits per heavy atom. The fourth-order valence-electron chi connectivity index (χ4n) is 2.75. The number of likely N-dealkylation sites (tertiary alicyclic amines) is 1. The van der Waals surface area contributed by atoms with E-state index in [1.807, 2.05) is 24.3 Å². The summed E-state index contributed by atoms with van der Waals surface area (Å²) in [6.45, 7) is 9.13. The second-order valence-corrected chi connectivity index (χ2v) is 5.70. The highest BCUT2D eigenvalue weighted by Gasteiger charge is 2.25. The number of para-hydroxylation sites is 2. The number of hydrogen-bond donors (Lipinski definition) is 1. The first-order chi connectivity index (χ1) is 9.20. The van der Waals surface area contributed by atoms with Crippen molar-refractivity contribution in [1.29, 1.82) is 0 Å². The minimum Gasteiger partial charge on any atom is -0.493 e. The van der Waals surface area contributed by atoms with Crippen LogP contribution in [0.15, 0.2) is 24.3 Å². The van der Waals surface area contributed by atoms with Crippen molar-refractivity contribution in [2.24, 2.45) is 11.8 Å². The topological polar surface area (TPSA) is 22.9 Å². The van der Waals surface area contributed by atoms with Crippen molar-refractivity contribution in [2.75, 3.05) is 33.4 Å². The fourth-order valence-corrected chi connectivity index (χ4v) is 2.75. The van der Waals surface area contributed by atoms with Gasteiger partial charge >= 0.3 is 0 Å². The number of hydrogen-bond acceptors (Lipinski definition) is 2. The molecule has 0 saturated carbocycles. The Kier molecular flexibility index (Phi) is 5.08. The van der Waals surface area contributed by atoms with E-state index in [-0.39, 0.29) is 0 Å². The van der Waals surface area contributed by atoms with E-state index in [1.165, 1.54) is 19.5 Å². The summed E-state index contributed by atoms with van der Waals surface area (Å²) < 4.78 is 11.1. The summed E-state index contributed by atoms with van der Waals surface area (Å²) in [5.41, 5.74) is 0. The van der Waals surface area contributed by atoms with E-state index in [0.29, 0.717) is 0 Å². The van der Waals surface area contributed by atoms with Crippen molar-refractivity contribution in [3.63, 3.8) is 0 Å².